The predicted octanol–water partition coefficient (Wildman–Crippen LogP) is 3.88. The lowest BCUT2D eigenvalue weighted by Crippen LogP contribution is -2.46. The van der Waals surface area contributed by atoms with E-state index in [1.807, 2.05) is 4.90 Å². The fraction of sp³-hybridized carbons (Fsp3) is 0.600. The van der Waals surface area contributed by atoms with Gasteiger partial charge in [0.05, 0.1) is 11.4 Å². The Bertz CT molecular complexity index is 510. The SMILES string of the molecule is CC1CC(C)C(C)N(c2cc(OC(F)F)c(F)cc2N)C1. The van der Waals surface area contributed by atoms with Gasteiger partial charge in [0.15, 0.2) is 11.6 Å². The summed E-state index contributed by atoms with van der Waals surface area (Å²) in [5.74, 6) is -0.438. The van der Waals surface area contributed by atoms with E-state index < -0.39 is 18.2 Å². The minimum Gasteiger partial charge on any atom is -0.432 e. The van der Waals surface area contributed by atoms with Crippen molar-refractivity contribution in [2.45, 2.75) is 39.8 Å². The molecule has 1 aromatic rings. The van der Waals surface area contributed by atoms with Crippen molar-refractivity contribution in [3.8, 4) is 5.75 Å². The van der Waals surface area contributed by atoms with Crippen LogP contribution in [-0.2, 0) is 0 Å². The molecule has 3 atom stereocenters. The van der Waals surface area contributed by atoms with Gasteiger partial charge < -0.3 is 15.4 Å². The number of anilines is 2. The molecule has 1 heterocycles. The molecule has 0 aliphatic carbocycles. The number of hydrogen-bond acceptors (Lipinski definition) is 3. The number of halogens is 3. The van der Waals surface area contributed by atoms with E-state index in [-0.39, 0.29) is 11.7 Å². The van der Waals surface area contributed by atoms with E-state index in [0.717, 1.165) is 19.0 Å². The number of benzene rings is 1. The van der Waals surface area contributed by atoms with E-state index >= 15 is 0 Å². The van der Waals surface area contributed by atoms with Crippen LogP contribution in [0.2, 0.25) is 0 Å². The summed E-state index contributed by atoms with van der Waals surface area (Å²) in [7, 11) is 0. The second-order valence-corrected chi connectivity index (χ2v) is 5.93. The lowest BCUT2D eigenvalue weighted by molar-refractivity contribution is -0.0521. The molecule has 0 amide bonds. The molecule has 1 fully saturated rings. The zero-order valence-electron chi connectivity index (χ0n) is 12.4. The minimum absolute atomic E-state index is 0.202. The Kier molecular flexibility index (Phi) is 4.54. The maximum Gasteiger partial charge on any atom is 0.387 e. The average molecular weight is 302 g/mol. The quantitative estimate of drug-likeness (QED) is 0.861. The van der Waals surface area contributed by atoms with Gasteiger partial charge >= 0.3 is 6.61 Å². The van der Waals surface area contributed by atoms with E-state index in [1.165, 1.54) is 6.07 Å². The molecule has 1 aliphatic rings. The Morgan fingerprint density at radius 2 is 1.95 bits per heavy atom. The van der Waals surface area contributed by atoms with Crippen LogP contribution in [0.1, 0.15) is 27.2 Å². The Labute approximate surface area is 122 Å². The van der Waals surface area contributed by atoms with E-state index in [4.69, 9.17) is 5.73 Å². The number of nitrogens with zero attached hydrogens (tertiary/aromatic N) is 1. The van der Waals surface area contributed by atoms with Crippen molar-refractivity contribution in [2.75, 3.05) is 17.2 Å². The van der Waals surface area contributed by atoms with Crippen LogP contribution in [0.4, 0.5) is 24.5 Å². The fourth-order valence-corrected chi connectivity index (χ4v) is 3.03. The monoisotopic (exact) mass is 302 g/mol. The second-order valence-electron chi connectivity index (χ2n) is 5.93. The van der Waals surface area contributed by atoms with Crippen LogP contribution in [0.5, 0.6) is 5.75 Å². The summed E-state index contributed by atoms with van der Waals surface area (Å²) in [4.78, 5) is 2.05. The van der Waals surface area contributed by atoms with Gasteiger partial charge in [-0.05, 0) is 25.2 Å². The van der Waals surface area contributed by atoms with Crippen molar-refractivity contribution in [1.29, 1.82) is 0 Å². The summed E-state index contributed by atoms with van der Waals surface area (Å²) in [6.45, 7) is 4.03. The second kappa shape index (κ2) is 6.03. The van der Waals surface area contributed by atoms with Crippen LogP contribution in [-0.4, -0.2) is 19.2 Å². The summed E-state index contributed by atoms with van der Waals surface area (Å²) in [6, 6.07) is 2.52. The Morgan fingerprint density at radius 3 is 2.57 bits per heavy atom. The summed E-state index contributed by atoms with van der Waals surface area (Å²) in [5, 5.41) is 0. The van der Waals surface area contributed by atoms with Gasteiger partial charge in [0.1, 0.15) is 0 Å². The van der Waals surface area contributed by atoms with E-state index in [1.54, 1.807) is 0 Å². The van der Waals surface area contributed by atoms with Gasteiger partial charge in [-0.3, -0.25) is 0 Å². The molecule has 2 N–H and O–H groups in total. The van der Waals surface area contributed by atoms with E-state index in [9.17, 15) is 13.2 Å². The first kappa shape index (κ1) is 15.8. The van der Waals surface area contributed by atoms with Gasteiger partial charge in [0, 0.05) is 24.7 Å². The highest BCUT2D eigenvalue weighted by atomic mass is 19.3. The number of hydrogen-bond donors (Lipinski definition) is 1. The first-order valence-electron chi connectivity index (χ1n) is 7.10. The normalized spacial score (nSPS) is 26.2. The molecule has 0 saturated carbocycles. The van der Waals surface area contributed by atoms with E-state index in [2.05, 4.69) is 25.5 Å². The Hall–Kier alpha value is -1.59. The van der Waals surface area contributed by atoms with Crippen molar-refractivity contribution >= 4 is 11.4 Å². The molecular formula is C15H21F3N2O. The van der Waals surface area contributed by atoms with Crippen LogP contribution in [0.15, 0.2) is 12.1 Å². The van der Waals surface area contributed by atoms with Gasteiger partial charge in [-0.2, -0.15) is 8.78 Å². The van der Waals surface area contributed by atoms with Gasteiger partial charge in [-0.1, -0.05) is 13.8 Å². The molecule has 2 rings (SSSR count). The number of ether oxygens (including phenoxy) is 1. The Morgan fingerprint density at radius 1 is 1.29 bits per heavy atom. The molecule has 0 radical (unpaired) electrons. The zero-order chi connectivity index (χ0) is 15.7. The third-order valence-electron chi connectivity index (χ3n) is 4.20. The first-order valence-corrected chi connectivity index (χ1v) is 7.10. The van der Waals surface area contributed by atoms with Crippen molar-refractivity contribution in [2.24, 2.45) is 11.8 Å². The largest absolute Gasteiger partial charge is 0.432 e. The Balaban J connectivity index is 2.37. The van der Waals surface area contributed by atoms with Crippen molar-refractivity contribution in [3.05, 3.63) is 17.9 Å². The number of piperidine rings is 1. The van der Waals surface area contributed by atoms with Crippen LogP contribution in [0, 0.1) is 17.7 Å². The molecule has 0 bridgehead atoms. The third-order valence-corrected chi connectivity index (χ3v) is 4.20. The molecule has 21 heavy (non-hydrogen) atoms. The summed E-state index contributed by atoms with van der Waals surface area (Å²) in [5.41, 5.74) is 6.67. The highest BCUT2D eigenvalue weighted by Crippen LogP contribution is 2.37. The summed E-state index contributed by atoms with van der Waals surface area (Å²) in [6.07, 6.45) is 1.10. The predicted molar refractivity (Wildman–Crippen MR) is 77.2 cm³/mol. The topological polar surface area (TPSA) is 38.5 Å². The molecular weight excluding hydrogens is 281 g/mol. The van der Waals surface area contributed by atoms with Crippen LogP contribution in [0.3, 0.4) is 0 Å². The molecule has 6 heteroatoms. The number of nitrogens with two attached hydrogens (primary N) is 1. The van der Waals surface area contributed by atoms with Gasteiger partial charge in [0.25, 0.3) is 0 Å². The summed E-state index contributed by atoms with van der Waals surface area (Å²) < 4.78 is 42.6. The molecule has 118 valence electrons. The van der Waals surface area contributed by atoms with E-state index in [0.29, 0.717) is 17.5 Å². The van der Waals surface area contributed by atoms with Crippen molar-refractivity contribution in [3.63, 3.8) is 0 Å². The smallest absolute Gasteiger partial charge is 0.387 e. The minimum atomic E-state index is -3.06. The lowest BCUT2D eigenvalue weighted by atomic mass is 9.85. The highest BCUT2D eigenvalue weighted by Gasteiger charge is 2.30. The van der Waals surface area contributed by atoms with Gasteiger partial charge in [-0.15, -0.1) is 0 Å². The van der Waals surface area contributed by atoms with Crippen LogP contribution in [0.25, 0.3) is 0 Å². The maximum atomic E-state index is 13.7. The molecule has 1 aromatic carbocycles. The number of alkyl halides is 2. The van der Waals surface area contributed by atoms with Crippen LogP contribution < -0.4 is 15.4 Å². The molecule has 3 unspecified atom stereocenters. The summed E-state index contributed by atoms with van der Waals surface area (Å²) >= 11 is 0. The number of rotatable bonds is 3. The molecule has 0 aromatic heterocycles. The van der Waals surface area contributed by atoms with Gasteiger partial charge in [0.2, 0.25) is 0 Å². The fourth-order valence-electron chi connectivity index (χ4n) is 3.03. The first-order chi connectivity index (χ1) is 9.79. The molecule has 1 aliphatic heterocycles. The molecule has 0 spiro atoms. The molecule has 1 saturated heterocycles. The van der Waals surface area contributed by atoms with Crippen molar-refractivity contribution in [1.82, 2.24) is 0 Å². The zero-order valence-corrected chi connectivity index (χ0v) is 12.4. The highest BCUT2D eigenvalue weighted by molar-refractivity contribution is 5.70. The standard InChI is InChI=1S/C15H21F3N2O/c1-8-4-9(2)10(3)20(7-8)13-6-14(21-15(17)18)11(16)5-12(13)19/h5-6,8-10,15H,4,7,19H2,1-3H3. The maximum absolute atomic E-state index is 13.7. The average Bonchev–Trinajstić information content (AvgIpc) is 2.37. The molecule has 3 nitrogen and oxygen atoms in total. The van der Waals surface area contributed by atoms with Crippen molar-refractivity contribution < 1.29 is 17.9 Å². The third kappa shape index (κ3) is 3.36. The van der Waals surface area contributed by atoms with Crippen LogP contribution >= 0.6 is 0 Å². The lowest BCUT2D eigenvalue weighted by Gasteiger charge is -2.43. The number of nitrogen functional groups attached to an aromatic ring is 1. The van der Waals surface area contributed by atoms with Gasteiger partial charge in [-0.25, -0.2) is 4.39 Å².